The number of rotatable bonds is 6. The van der Waals surface area contributed by atoms with Gasteiger partial charge in [0.1, 0.15) is 6.04 Å². The van der Waals surface area contributed by atoms with Crippen LogP contribution in [0.5, 0.6) is 0 Å². The highest BCUT2D eigenvalue weighted by Crippen LogP contribution is 2.36. The van der Waals surface area contributed by atoms with Crippen LogP contribution in [0.15, 0.2) is 24.3 Å². The molecule has 0 spiro atoms. The van der Waals surface area contributed by atoms with Gasteiger partial charge in [0.25, 0.3) is 0 Å². The lowest BCUT2D eigenvalue weighted by Crippen LogP contribution is -2.69. The zero-order chi connectivity index (χ0) is 22.8. The van der Waals surface area contributed by atoms with Gasteiger partial charge in [-0.2, -0.15) is 13.2 Å². The van der Waals surface area contributed by atoms with Crippen molar-refractivity contribution in [2.45, 2.75) is 63.2 Å². The van der Waals surface area contributed by atoms with Crippen molar-refractivity contribution in [1.29, 1.82) is 0 Å². The predicted molar refractivity (Wildman–Crippen MR) is 106 cm³/mol. The number of imide groups is 1. The van der Waals surface area contributed by atoms with E-state index in [4.69, 9.17) is 11.6 Å². The number of alkyl halides is 3. The van der Waals surface area contributed by atoms with Gasteiger partial charge in [0, 0.05) is 5.02 Å². The number of nitrogens with one attached hydrogen (secondary N) is 1. The maximum absolute atomic E-state index is 13.6. The number of aliphatic carboxylic acids is 1. The first-order valence-electron chi connectivity index (χ1n) is 10.3. The fourth-order valence-electron chi connectivity index (χ4n) is 4.49. The monoisotopic (exact) mass is 460 g/mol. The number of amides is 3. The minimum absolute atomic E-state index is 0.120. The van der Waals surface area contributed by atoms with Gasteiger partial charge in [0.15, 0.2) is 6.04 Å². The van der Waals surface area contributed by atoms with Gasteiger partial charge in [-0.25, -0.2) is 14.5 Å². The summed E-state index contributed by atoms with van der Waals surface area (Å²) in [4.78, 5) is 37.1. The van der Waals surface area contributed by atoms with Crippen LogP contribution >= 0.6 is 11.6 Å². The third-order valence-electron chi connectivity index (χ3n) is 6.12. The van der Waals surface area contributed by atoms with Crippen molar-refractivity contribution in [3.8, 4) is 0 Å². The molecule has 6 nitrogen and oxygen atoms in total. The van der Waals surface area contributed by atoms with Gasteiger partial charge in [0.2, 0.25) is 5.91 Å². The summed E-state index contributed by atoms with van der Waals surface area (Å²) in [7, 11) is 0. The van der Waals surface area contributed by atoms with E-state index in [1.165, 1.54) is 0 Å². The van der Waals surface area contributed by atoms with Crippen LogP contribution in [0.3, 0.4) is 0 Å². The summed E-state index contributed by atoms with van der Waals surface area (Å²) in [5.74, 6) is -4.01. The van der Waals surface area contributed by atoms with Crippen molar-refractivity contribution in [2.24, 2.45) is 11.8 Å². The zero-order valence-corrected chi connectivity index (χ0v) is 17.5. The number of carbonyl (C=O) groups excluding carboxylic acids is 2. The number of carboxylic acids is 1. The van der Waals surface area contributed by atoms with Crippen LogP contribution < -0.4 is 5.32 Å². The van der Waals surface area contributed by atoms with E-state index in [1.807, 2.05) is 5.32 Å². The molecule has 1 aromatic carbocycles. The molecule has 170 valence electrons. The fourth-order valence-corrected chi connectivity index (χ4v) is 4.72. The Morgan fingerprint density at radius 3 is 2.42 bits per heavy atom. The number of aryl methyl sites for hydroxylation is 1. The standard InChI is InChI=1S/C21H24ClF3N2O4/c22-15-9-5-4-6-12(15)10-11-14-16(19(29)30)27(18(14)28)20(31)26-17(21(23,24)25)13-7-2-1-3-8-13/h4-6,9,13-14,16-17H,1-3,7-8,10-11H2,(H,26,31)(H,29,30)/t14-,16+,17?/m1/s1. The summed E-state index contributed by atoms with van der Waals surface area (Å²) in [5, 5.41) is 11.9. The van der Waals surface area contributed by atoms with E-state index in [2.05, 4.69) is 0 Å². The maximum atomic E-state index is 13.6. The van der Waals surface area contributed by atoms with Crippen LogP contribution in [-0.2, 0) is 16.0 Å². The molecule has 10 heteroatoms. The number of hydrogen-bond acceptors (Lipinski definition) is 3. The van der Waals surface area contributed by atoms with Crippen molar-refractivity contribution in [3.63, 3.8) is 0 Å². The molecule has 1 aliphatic carbocycles. The Hall–Kier alpha value is -2.29. The molecule has 1 heterocycles. The number of likely N-dealkylation sites (tertiary alicyclic amines) is 1. The van der Waals surface area contributed by atoms with Gasteiger partial charge >= 0.3 is 18.2 Å². The van der Waals surface area contributed by atoms with Crippen LogP contribution in [0, 0.1) is 11.8 Å². The molecular formula is C21H24ClF3N2O4. The second kappa shape index (κ2) is 9.46. The normalized spacial score (nSPS) is 23.2. The highest BCUT2D eigenvalue weighted by Gasteiger charge is 2.56. The number of β-lactam (4-membered cyclic amide) rings is 1. The number of carbonyl (C=O) groups is 3. The molecule has 2 N–H and O–H groups in total. The van der Waals surface area contributed by atoms with Gasteiger partial charge in [-0.05, 0) is 43.2 Å². The highest BCUT2D eigenvalue weighted by atomic mass is 35.5. The van der Waals surface area contributed by atoms with Gasteiger partial charge < -0.3 is 10.4 Å². The molecule has 2 aliphatic rings. The number of urea groups is 1. The second-order valence-corrected chi connectivity index (χ2v) is 8.50. The fraction of sp³-hybridized carbons (Fsp3) is 0.571. The molecule has 3 rings (SSSR count). The third-order valence-corrected chi connectivity index (χ3v) is 6.49. The Bertz CT molecular complexity index is 842. The Labute approximate surface area is 182 Å². The van der Waals surface area contributed by atoms with Gasteiger partial charge in [0.05, 0.1) is 5.92 Å². The molecular weight excluding hydrogens is 437 g/mol. The lowest BCUT2D eigenvalue weighted by atomic mass is 9.82. The van der Waals surface area contributed by atoms with Crippen LogP contribution in [-0.4, -0.2) is 46.2 Å². The van der Waals surface area contributed by atoms with Crippen LogP contribution in [0.1, 0.15) is 44.1 Å². The molecule has 3 amide bonds. The van der Waals surface area contributed by atoms with E-state index in [0.717, 1.165) is 12.0 Å². The summed E-state index contributed by atoms with van der Waals surface area (Å²) < 4.78 is 40.7. The van der Waals surface area contributed by atoms with E-state index in [0.29, 0.717) is 42.0 Å². The Balaban J connectivity index is 1.69. The molecule has 0 radical (unpaired) electrons. The number of nitrogens with zero attached hydrogens (tertiary/aromatic N) is 1. The Morgan fingerprint density at radius 1 is 1.19 bits per heavy atom. The first-order valence-corrected chi connectivity index (χ1v) is 10.7. The molecule has 1 aromatic rings. The molecule has 0 aromatic heterocycles. The largest absolute Gasteiger partial charge is 0.480 e. The summed E-state index contributed by atoms with van der Waals surface area (Å²) >= 11 is 6.07. The van der Waals surface area contributed by atoms with E-state index in [-0.39, 0.29) is 6.42 Å². The molecule has 1 saturated heterocycles. The second-order valence-electron chi connectivity index (χ2n) is 8.09. The number of carboxylic acid groups (broad SMARTS) is 1. The van der Waals surface area contributed by atoms with Crippen LogP contribution in [0.25, 0.3) is 0 Å². The van der Waals surface area contributed by atoms with Crippen molar-refractivity contribution in [2.75, 3.05) is 0 Å². The van der Waals surface area contributed by atoms with E-state index in [9.17, 15) is 32.7 Å². The molecule has 0 bridgehead atoms. The number of halogens is 4. The summed E-state index contributed by atoms with van der Waals surface area (Å²) in [6, 6.07) is 1.97. The smallest absolute Gasteiger partial charge is 0.408 e. The SMILES string of the molecule is O=C(O)[C@@H]1[C@@H](CCc2ccccc2Cl)C(=O)N1C(=O)NC(C1CCCCC1)C(F)(F)F. The van der Waals surface area contributed by atoms with E-state index < -0.39 is 48.0 Å². The molecule has 2 fully saturated rings. The topological polar surface area (TPSA) is 86.7 Å². The average Bonchev–Trinajstić information content (AvgIpc) is 2.71. The Morgan fingerprint density at radius 2 is 1.84 bits per heavy atom. The third kappa shape index (κ3) is 5.14. The molecule has 1 unspecified atom stereocenters. The summed E-state index contributed by atoms with van der Waals surface area (Å²) in [5.41, 5.74) is 0.721. The van der Waals surface area contributed by atoms with Crippen molar-refractivity contribution in [1.82, 2.24) is 10.2 Å². The predicted octanol–water partition coefficient (Wildman–Crippen LogP) is 4.41. The molecule has 1 saturated carbocycles. The minimum atomic E-state index is -4.69. The number of hydrogen-bond donors (Lipinski definition) is 2. The zero-order valence-electron chi connectivity index (χ0n) is 16.7. The van der Waals surface area contributed by atoms with E-state index in [1.54, 1.807) is 24.3 Å². The number of benzene rings is 1. The van der Waals surface area contributed by atoms with E-state index >= 15 is 0 Å². The van der Waals surface area contributed by atoms with Gasteiger partial charge in [-0.15, -0.1) is 0 Å². The quantitative estimate of drug-likeness (QED) is 0.616. The first-order chi connectivity index (χ1) is 14.6. The highest BCUT2D eigenvalue weighted by molar-refractivity contribution is 6.31. The van der Waals surface area contributed by atoms with Gasteiger partial charge in [-0.1, -0.05) is 49.1 Å². The average molecular weight is 461 g/mol. The van der Waals surface area contributed by atoms with Crippen molar-refractivity contribution >= 4 is 29.5 Å². The molecule has 1 aliphatic heterocycles. The Kier molecular flexibility index (Phi) is 7.13. The summed E-state index contributed by atoms with van der Waals surface area (Å²) in [6.45, 7) is 0. The lowest BCUT2D eigenvalue weighted by molar-refractivity contribution is -0.173. The lowest BCUT2D eigenvalue weighted by Gasteiger charge is -2.44. The summed E-state index contributed by atoms with van der Waals surface area (Å²) in [6.07, 6.45) is -1.50. The van der Waals surface area contributed by atoms with Crippen LogP contribution in [0.4, 0.5) is 18.0 Å². The molecule has 31 heavy (non-hydrogen) atoms. The first kappa shape index (κ1) is 23.4. The molecule has 3 atom stereocenters. The van der Waals surface area contributed by atoms with Crippen LogP contribution in [0.2, 0.25) is 5.02 Å². The van der Waals surface area contributed by atoms with Gasteiger partial charge in [-0.3, -0.25) is 4.79 Å². The van der Waals surface area contributed by atoms with Crippen molar-refractivity contribution in [3.05, 3.63) is 34.9 Å². The maximum Gasteiger partial charge on any atom is 0.408 e. The van der Waals surface area contributed by atoms with Crippen molar-refractivity contribution < 1.29 is 32.7 Å². The minimum Gasteiger partial charge on any atom is -0.480 e.